The van der Waals surface area contributed by atoms with E-state index >= 15 is 0 Å². The fourth-order valence-electron chi connectivity index (χ4n) is 4.61. The number of pyridine rings is 1. The van der Waals surface area contributed by atoms with E-state index in [1.807, 2.05) is 66.6 Å². The molecule has 5 aromatic rings. The van der Waals surface area contributed by atoms with E-state index in [4.69, 9.17) is 4.98 Å². The van der Waals surface area contributed by atoms with Crippen molar-refractivity contribution < 1.29 is 0 Å². The summed E-state index contributed by atoms with van der Waals surface area (Å²) in [5, 5.41) is 18.7. The van der Waals surface area contributed by atoms with Crippen molar-refractivity contribution in [1.82, 2.24) is 44.5 Å². The van der Waals surface area contributed by atoms with Crippen LogP contribution in [0.15, 0.2) is 59.8 Å². The molecule has 0 aliphatic rings. The first-order chi connectivity index (χ1) is 18.0. The first kappa shape index (κ1) is 24.4. The lowest BCUT2D eigenvalue weighted by Crippen LogP contribution is -2.26. The molecule has 4 aromatic heterocycles. The van der Waals surface area contributed by atoms with Gasteiger partial charge in [-0.15, -0.1) is 5.10 Å². The molecule has 0 saturated heterocycles. The highest BCUT2D eigenvalue weighted by Crippen LogP contribution is 2.29. The van der Waals surface area contributed by atoms with Gasteiger partial charge in [0.25, 0.3) is 0 Å². The minimum absolute atomic E-state index is 0.0781. The molecule has 1 N–H and O–H groups in total. The molecule has 0 unspecified atom stereocenters. The van der Waals surface area contributed by atoms with E-state index in [1.54, 1.807) is 9.25 Å². The summed E-state index contributed by atoms with van der Waals surface area (Å²) in [6.45, 7) is 6.78. The van der Waals surface area contributed by atoms with E-state index in [0.29, 0.717) is 12.4 Å². The number of unbranched alkanes of at least 4 members (excludes halogenated alkanes) is 1. The largest absolute Gasteiger partial charge is 0.334 e. The number of imidazole rings is 1. The van der Waals surface area contributed by atoms with E-state index in [-0.39, 0.29) is 11.6 Å². The van der Waals surface area contributed by atoms with Crippen LogP contribution in [-0.4, -0.2) is 44.5 Å². The van der Waals surface area contributed by atoms with Crippen LogP contribution in [0.4, 0.5) is 0 Å². The van der Waals surface area contributed by atoms with Crippen molar-refractivity contribution in [3.63, 3.8) is 0 Å². The van der Waals surface area contributed by atoms with Gasteiger partial charge in [0, 0.05) is 41.8 Å². The lowest BCUT2D eigenvalue weighted by molar-refractivity contribution is 0.654. The first-order valence-electron chi connectivity index (χ1n) is 12.6. The third kappa shape index (κ3) is 4.74. The van der Waals surface area contributed by atoms with Crippen molar-refractivity contribution in [3.8, 4) is 28.3 Å². The number of nitrogens with zero attached hydrogens (tertiary/aromatic N) is 8. The summed E-state index contributed by atoms with van der Waals surface area (Å²) < 4.78 is 5.35. The van der Waals surface area contributed by atoms with Gasteiger partial charge >= 0.3 is 5.69 Å². The number of benzene rings is 1. The van der Waals surface area contributed by atoms with Gasteiger partial charge in [-0.25, -0.2) is 9.89 Å². The molecule has 0 spiro atoms. The second-order valence-electron chi connectivity index (χ2n) is 9.50. The van der Waals surface area contributed by atoms with Gasteiger partial charge in [-0.2, -0.15) is 5.10 Å². The zero-order valence-corrected chi connectivity index (χ0v) is 21.6. The maximum absolute atomic E-state index is 13.7. The average molecular weight is 498 g/mol. The second kappa shape index (κ2) is 10.3. The molecule has 4 heterocycles. The van der Waals surface area contributed by atoms with Crippen LogP contribution in [0.3, 0.4) is 0 Å². The van der Waals surface area contributed by atoms with Gasteiger partial charge in [0.05, 0.1) is 18.4 Å². The number of nitrogens with one attached hydrogen (secondary N) is 1. The molecule has 10 heteroatoms. The van der Waals surface area contributed by atoms with Gasteiger partial charge in [-0.1, -0.05) is 57.5 Å². The van der Waals surface area contributed by atoms with Gasteiger partial charge in [-0.3, -0.25) is 18.8 Å². The Morgan fingerprint density at radius 1 is 1.05 bits per heavy atom. The number of tetrazole rings is 1. The van der Waals surface area contributed by atoms with Gasteiger partial charge < -0.3 is 0 Å². The van der Waals surface area contributed by atoms with E-state index in [0.717, 1.165) is 58.7 Å². The molecule has 190 valence electrons. The average Bonchev–Trinajstić information content (AvgIpc) is 3.64. The minimum atomic E-state index is -0.0781. The van der Waals surface area contributed by atoms with Crippen LogP contribution in [0, 0.1) is 0 Å². The summed E-state index contributed by atoms with van der Waals surface area (Å²) in [6, 6.07) is 11.9. The number of hydrogen-bond acceptors (Lipinski definition) is 6. The fraction of sp³-hybridized carbons (Fsp3) is 0.333. The molecule has 0 aliphatic heterocycles. The molecule has 0 radical (unpaired) electrons. The highest BCUT2D eigenvalue weighted by molar-refractivity contribution is 5.79. The van der Waals surface area contributed by atoms with Crippen LogP contribution < -0.4 is 5.69 Å². The topological polar surface area (TPSA) is 112 Å². The normalized spacial score (nSPS) is 11.5. The van der Waals surface area contributed by atoms with Gasteiger partial charge in [0.1, 0.15) is 5.82 Å². The molecule has 0 fully saturated rings. The SMILES string of the molecule is CCCCc1cn(-c2c(C(C)C)cnn2C)c(=O)n1Cc1ccc(-c2ccccc2-c2nnn[nH]2)cn1. The van der Waals surface area contributed by atoms with Crippen LogP contribution in [0.2, 0.25) is 0 Å². The molecular formula is C27H31N9O. The first-order valence-corrected chi connectivity index (χ1v) is 12.6. The molecule has 5 rings (SSSR count). The third-order valence-electron chi connectivity index (χ3n) is 6.62. The summed E-state index contributed by atoms with van der Waals surface area (Å²) in [7, 11) is 1.88. The van der Waals surface area contributed by atoms with Crippen molar-refractivity contribution in [3.05, 3.63) is 82.4 Å². The van der Waals surface area contributed by atoms with E-state index in [1.165, 1.54) is 0 Å². The zero-order valence-electron chi connectivity index (χ0n) is 21.6. The lowest BCUT2D eigenvalue weighted by Gasteiger charge is -2.10. The van der Waals surface area contributed by atoms with Crippen LogP contribution in [-0.2, 0) is 20.0 Å². The van der Waals surface area contributed by atoms with E-state index in [2.05, 4.69) is 46.5 Å². The molecule has 0 aliphatic carbocycles. The number of rotatable bonds is 9. The van der Waals surface area contributed by atoms with Gasteiger partial charge in [0.15, 0.2) is 5.82 Å². The fourth-order valence-corrected chi connectivity index (χ4v) is 4.61. The maximum Gasteiger partial charge on any atom is 0.334 e. The lowest BCUT2D eigenvalue weighted by atomic mass is 10.0. The zero-order chi connectivity index (χ0) is 25.9. The summed E-state index contributed by atoms with van der Waals surface area (Å²) in [5.74, 6) is 1.67. The Morgan fingerprint density at radius 2 is 1.86 bits per heavy atom. The Morgan fingerprint density at radius 3 is 2.54 bits per heavy atom. The predicted molar refractivity (Wildman–Crippen MR) is 141 cm³/mol. The standard InChI is InChI=1S/C27H31N9O/c1-5-6-9-21-17-36(26-24(18(2)3)15-29-34(26)4)27(37)35(21)16-20-13-12-19(14-28-20)22-10-7-8-11-23(22)25-30-32-33-31-25/h7-8,10-15,17-18H,5-6,9,16H2,1-4H3,(H,30,31,32,33). The van der Waals surface area contributed by atoms with Crippen molar-refractivity contribution >= 4 is 0 Å². The van der Waals surface area contributed by atoms with Gasteiger partial charge in [0.2, 0.25) is 0 Å². The minimum Gasteiger partial charge on any atom is -0.290 e. The molecular weight excluding hydrogens is 466 g/mol. The Bertz CT molecular complexity index is 1540. The Balaban J connectivity index is 1.49. The number of hydrogen-bond donors (Lipinski definition) is 1. The quantitative estimate of drug-likeness (QED) is 0.328. The molecule has 1 aromatic carbocycles. The van der Waals surface area contributed by atoms with Crippen LogP contribution in [0.5, 0.6) is 0 Å². The Hall–Kier alpha value is -4.34. The predicted octanol–water partition coefficient (Wildman–Crippen LogP) is 4.13. The van der Waals surface area contributed by atoms with E-state index in [9.17, 15) is 4.79 Å². The molecule has 0 atom stereocenters. The van der Waals surface area contributed by atoms with Crippen molar-refractivity contribution in [2.24, 2.45) is 7.05 Å². The van der Waals surface area contributed by atoms with Crippen molar-refractivity contribution in [2.75, 3.05) is 0 Å². The highest BCUT2D eigenvalue weighted by Gasteiger charge is 2.20. The Labute approximate surface area is 215 Å². The highest BCUT2D eigenvalue weighted by atomic mass is 16.1. The third-order valence-corrected chi connectivity index (χ3v) is 6.62. The second-order valence-corrected chi connectivity index (χ2v) is 9.50. The number of aryl methyl sites for hydroxylation is 2. The summed E-state index contributed by atoms with van der Waals surface area (Å²) >= 11 is 0. The molecule has 0 bridgehead atoms. The van der Waals surface area contributed by atoms with Crippen LogP contribution in [0.25, 0.3) is 28.3 Å². The summed E-state index contributed by atoms with van der Waals surface area (Å²) in [5.41, 5.74) is 5.60. The summed E-state index contributed by atoms with van der Waals surface area (Å²) in [6.07, 6.45) is 8.54. The summed E-state index contributed by atoms with van der Waals surface area (Å²) in [4.78, 5) is 18.4. The van der Waals surface area contributed by atoms with Crippen molar-refractivity contribution in [2.45, 2.75) is 52.5 Å². The van der Waals surface area contributed by atoms with Crippen LogP contribution >= 0.6 is 0 Å². The molecule has 0 amide bonds. The van der Waals surface area contributed by atoms with Crippen molar-refractivity contribution in [1.29, 1.82) is 0 Å². The van der Waals surface area contributed by atoms with Crippen LogP contribution in [0.1, 0.15) is 56.5 Å². The van der Waals surface area contributed by atoms with E-state index < -0.39 is 0 Å². The van der Waals surface area contributed by atoms with Gasteiger partial charge in [-0.05, 0) is 40.8 Å². The molecule has 37 heavy (non-hydrogen) atoms. The smallest absolute Gasteiger partial charge is 0.290 e. The number of aromatic nitrogens is 9. The maximum atomic E-state index is 13.7. The molecule has 0 saturated carbocycles. The molecule has 10 nitrogen and oxygen atoms in total. The number of H-pyrrole nitrogens is 1. The Kier molecular flexibility index (Phi) is 6.80. The monoisotopic (exact) mass is 497 g/mol. The number of aromatic amines is 1.